The maximum atomic E-state index is 12.8. The number of rotatable bonds is 4. The van der Waals surface area contributed by atoms with Crippen LogP contribution in [0.3, 0.4) is 0 Å². The van der Waals surface area contributed by atoms with Gasteiger partial charge in [0, 0.05) is 36.2 Å². The van der Waals surface area contributed by atoms with Crippen molar-refractivity contribution in [2.45, 2.75) is 40.0 Å². The van der Waals surface area contributed by atoms with Crippen molar-refractivity contribution in [1.82, 2.24) is 20.1 Å². The van der Waals surface area contributed by atoms with Gasteiger partial charge in [0.25, 0.3) is 5.91 Å². The predicted molar refractivity (Wildman–Crippen MR) is 91.2 cm³/mol. The van der Waals surface area contributed by atoms with Crippen LogP contribution in [-0.4, -0.2) is 44.9 Å². The minimum atomic E-state index is -0.00133. The van der Waals surface area contributed by atoms with Gasteiger partial charge in [-0.15, -0.1) is 0 Å². The second kappa shape index (κ2) is 6.63. The van der Waals surface area contributed by atoms with Crippen molar-refractivity contribution in [1.29, 1.82) is 0 Å². The van der Waals surface area contributed by atoms with Crippen LogP contribution in [0.5, 0.6) is 0 Å². The molecule has 3 heterocycles. The molecule has 1 fully saturated rings. The lowest BCUT2D eigenvalue weighted by atomic mass is 9.92. The fourth-order valence-electron chi connectivity index (χ4n) is 3.70. The molecule has 24 heavy (non-hydrogen) atoms. The van der Waals surface area contributed by atoms with Crippen LogP contribution in [0, 0.1) is 19.8 Å². The number of Topliss-reactive ketones (excluding diaryl/α,β-unsaturated/α-hetero) is 1. The number of H-pyrrole nitrogens is 2. The molecule has 0 bridgehead atoms. The molecule has 0 unspecified atom stereocenters. The third-order valence-electron chi connectivity index (χ3n) is 4.97. The third kappa shape index (κ3) is 3.13. The maximum Gasteiger partial charge on any atom is 0.270 e. The predicted octanol–water partition coefficient (Wildman–Crippen LogP) is 2.65. The normalized spacial score (nSPS) is 15.7. The van der Waals surface area contributed by atoms with Crippen molar-refractivity contribution in [3.63, 3.8) is 0 Å². The first-order valence-corrected chi connectivity index (χ1v) is 8.45. The number of amides is 1. The van der Waals surface area contributed by atoms with Crippen LogP contribution in [0.2, 0.25) is 0 Å². The number of carbonyl (C=O) groups excluding carboxylic acids is 2. The summed E-state index contributed by atoms with van der Waals surface area (Å²) >= 11 is 0. The van der Waals surface area contributed by atoms with Crippen LogP contribution in [0.15, 0.2) is 12.3 Å². The quantitative estimate of drug-likeness (QED) is 0.847. The summed E-state index contributed by atoms with van der Waals surface area (Å²) in [6.45, 7) is 6.74. The first kappa shape index (κ1) is 16.5. The van der Waals surface area contributed by atoms with Gasteiger partial charge in [-0.05, 0) is 57.6 Å². The Labute approximate surface area is 141 Å². The number of hydrogen-bond acceptors (Lipinski definition) is 3. The van der Waals surface area contributed by atoms with E-state index in [-0.39, 0.29) is 11.7 Å². The fourth-order valence-corrected chi connectivity index (χ4v) is 3.70. The molecule has 1 aliphatic rings. The van der Waals surface area contributed by atoms with E-state index in [9.17, 15) is 9.59 Å². The second-order valence-corrected chi connectivity index (χ2v) is 6.70. The highest BCUT2D eigenvalue weighted by molar-refractivity contribution is 6.02. The van der Waals surface area contributed by atoms with E-state index in [0.29, 0.717) is 17.2 Å². The Bertz CT molecular complexity index is 737. The number of aryl methyl sites for hydroxylation is 1. The highest BCUT2D eigenvalue weighted by Gasteiger charge is 2.27. The Morgan fingerprint density at radius 1 is 1.29 bits per heavy atom. The van der Waals surface area contributed by atoms with Gasteiger partial charge in [-0.2, -0.15) is 5.10 Å². The van der Waals surface area contributed by atoms with Gasteiger partial charge in [0.2, 0.25) is 0 Å². The highest BCUT2D eigenvalue weighted by atomic mass is 16.2. The number of aromatic nitrogens is 3. The van der Waals surface area contributed by atoms with Crippen LogP contribution in [0.25, 0.3) is 0 Å². The number of carbonyl (C=O) groups is 2. The monoisotopic (exact) mass is 328 g/mol. The number of ketones is 1. The topological polar surface area (TPSA) is 81.8 Å². The summed E-state index contributed by atoms with van der Waals surface area (Å²) < 4.78 is 0. The van der Waals surface area contributed by atoms with E-state index in [1.54, 1.807) is 13.1 Å². The summed E-state index contributed by atoms with van der Waals surface area (Å²) in [4.78, 5) is 29.5. The van der Waals surface area contributed by atoms with Crippen LogP contribution < -0.4 is 0 Å². The smallest absolute Gasteiger partial charge is 0.270 e. The Hall–Kier alpha value is -2.37. The summed E-state index contributed by atoms with van der Waals surface area (Å²) in [5, 5.41) is 6.99. The van der Waals surface area contributed by atoms with E-state index in [1.165, 1.54) is 0 Å². The van der Waals surface area contributed by atoms with Crippen molar-refractivity contribution in [2.75, 3.05) is 13.1 Å². The molecule has 128 valence electrons. The standard InChI is InChI=1S/C18H24N4O2/c1-11-16(13(3)23)12(2)20-17(11)18(24)22-8-5-14(6-9-22)10-15-4-7-19-21-15/h4,7,14,20H,5-6,8-10H2,1-3H3,(H,19,21). The van der Waals surface area contributed by atoms with Crippen molar-refractivity contribution in [3.8, 4) is 0 Å². The lowest BCUT2D eigenvalue weighted by molar-refractivity contribution is 0.0684. The first-order chi connectivity index (χ1) is 11.5. The highest BCUT2D eigenvalue weighted by Crippen LogP contribution is 2.24. The zero-order chi connectivity index (χ0) is 17.3. The molecule has 0 aromatic carbocycles. The largest absolute Gasteiger partial charge is 0.354 e. The van der Waals surface area contributed by atoms with Gasteiger partial charge in [0.15, 0.2) is 5.78 Å². The molecule has 2 N–H and O–H groups in total. The molecule has 1 saturated heterocycles. The molecule has 0 aliphatic carbocycles. The van der Waals surface area contributed by atoms with Crippen molar-refractivity contribution in [3.05, 3.63) is 40.5 Å². The zero-order valence-electron chi connectivity index (χ0n) is 14.5. The van der Waals surface area contributed by atoms with E-state index in [0.717, 1.165) is 49.3 Å². The molecule has 0 atom stereocenters. The molecule has 0 saturated carbocycles. The zero-order valence-corrected chi connectivity index (χ0v) is 14.5. The van der Waals surface area contributed by atoms with Gasteiger partial charge < -0.3 is 9.88 Å². The summed E-state index contributed by atoms with van der Waals surface area (Å²) in [7, 11) is 0. The molecule has 1 amide bonds. The van der Waals surface area contributed by atoms with E-state index in [1.807, 2.05) is 24.8 Å². The fraction of sp³-hybridized carbons (Fsp3) is 0.500. The van der Waals surface area contributed by atoms with E-state index >= 15 is 0 Å². The average Bonchev–Trinajstić information content (AvgIpc) is 3.15. The molecular formula is C18H24N4O2. The van der Waals surface area contributed by atoms with Gasteiger partial charge >= 0.3 is 0 Å². The number of hydrogen-bond donors (Lipinski definition) is 2. The summed E-state index contributed by atoms with van der Waals surface area (Å²) in [5.74, 6) is 0.579. The second-order valence-electron chi connectivity index (χ2n) is 6.70. The lowest BCUT2D eigenvalue weighted by Gasteiger charge is -2.31. The Morgan fingerprint density at radius 3 is 2.54 bits per heavy atom. The molecule has 2 aromatic heterocycles. The number of nitrogens with zero attached hydrogens (tertiary/aromatic N) is 2. The van der Waals surface area contributed by atoms with Crippen LogP contribution >= 0.6 is 0 Å². The van der Waals surface area contributed by atoms with Gasteiger partial charge in [0.1, 0.15) is 5.69 Å². The molecule has 0 radical (unpaired) electrons. The summed E-state index contributed by atoms with van der Waals surface area (Å²) in [5.41, 5.74) is 3.90. The van der Waals surface area contributed by atoms with E-state index < -0.39 is 0 Å². The lowest BCUT2D eigenvalue weighted by Crippen LogP contribution is -2.39. The Balaban J connectivity index is 1.65. The number of piperidine rings is 1. The van der Waals surface area contributed by atoms with Crippen molar-refractivity contribution >= 4 is 11.7 Å². The van der Waals surface area contributed by atoms with Crippen LogP contribution in [0.1, 0.15) is 57.6 Å². The number of likely N-dealkylation sites (tertiary alicyclic amines) is 1. The molecule has 3 rings (SSSR count). The Kier molecular flexibility index (Phi) is 4.55. The van der Waals surface area contributed by atoms with Gasteiger partial charge in [-0.3, -0.25) is 14.7 Å². The van der Waals surface area contributed by atoms with Gasteiger partial charge in [-0.25, -0.2) is 0 Å². The minimum Gasteiger partial charge on any atom is -0.354 e. The first-order valence-electron chi connectivity index (χ1n) is 8.45. The molecule has 6 nitrogen and oxygen atoms in total. The minimum absolute atomic E-state index is 0.00133. The third-order valence-corrected chi connectivity index (χ3v) is 4.97. The maximum absolute atomic E-state index is 12.8. The molecular weight excluding hydrogens is 304 g/mol. The van der Waals surface area contributed by atoms with E-state index in [2.05, 4.69) is 15.2 Å². The van der Waals surface area contributed by atoms with Gasteiger partial charge in [-0.1, -0.05) is 0 Å². The summed E-state index contributed by atoms with van der Waals surface area (Å²) in [6.07, 6.45) is 4.74. The molecule has 1 aliphatic heterocycles. The summed E-state index contributed by atoms with van der Waals surface area (Å²) in [6, 6.07) is 2.01. The van der Waals surface area contributed by atoms with Crippen LogP contribution in [0.4, 0.5) is 0 Å². The molecule has 0 spiro atoms. The number of nitrogens with one attached hydrogen (secondary N) is 2. The van der Waals surface area contributed by atoms with Crippen molar-refractivity contribution in [2.24, 2.45) is 5.92 Å². The average molecular weight is 328 g/mol. The SMILES string of the molecule is CC(=O)c1c(C)[nH]c(C(=O)N2CCC(Cc3ccn[nH]3)CC2)c1C. The van der Waals surface area contributed by atoms with Crippen molar-refractivity contribution < 1.29 is 9.59 Å². The molecule has 2 aromatic rings. The number of aromatic amines is 2. The van der Waals surface area contributed by atoms with Gasteiger partial charge in [0.05, 0.1) is 0 Å². The van der Waals surface area contributed by atoms with E-state index in [4.69, 9.17) is 0 Å². The molecule has 6 heteroatoms. The van der Waals surface area contributed by atoms with Crippen LogP contribution in [-0.2, 0) is 6.42 Å². The Morgan fingerprint density at radius 2 is 2.00 bits per heavy atom.